The van der Waals surface area contributed by atoms with Crippen LogP contribution >= 0.6 is 0 Å². The lowest BCUT2D eigenvalue weighted by Crippen LogP contribution is -2.58. The highest BCUT2D eigenvalue weighted by atomic mass is 16.5. The van der Waals surface area contributed by atoms with Crippen LogP contribution in [0.5, 0.6) is 0 Å². The van der Waals surface area contributed by atoms with E-state index >= 15 is 0 Å². The summed E-state index contributed by atoms with van der Waals surface area (Å²) in [5.74, 6) is -0.158. The number of carboxylic acids is 1. The molecular weight excluding hydrogens is 600 g/mol. The molecule has 10 heteroatoms. The number of methoxy groups -OCH3 is 1. The molecule has 1 aromatic rings. The third kappa shape index (κ3) is 7.24. The average Bonchev–Trinajstić information content (AvgIpc) is 3.39. The molecule has 0 unspecified atom stereocenters. The lowest BCUT2D eigenvalue weighted by Gasteiger charge is -2.62. The monoisotopic (exact) mass is 654 g/mol. The van der Waals surface area contributed by atoms with Crippen molar-refractivity contribution in [3.05, 3.63) is 29.8 Å². The molecule has 5 rings (SSSR count). The number of amides is 2. The van der Waals surface area contributed by atoms with Gasteiger partial charge in [0.15, 0.2) is 0 Å². The zero-order valence-corrected chi connectivity index (χ0v) is 28.4. The van der Waals surface area contributed by atoms with Crippen LogP contribution in [0.25, 0.3) is 0 Å². The number of esters is 1. The maximum Gasteiger partial charge on any atom is 0.337 e. The second kappa shape index (κ2) is 14.2. The number of rotatable bonds is 11. The van der Waals surface area contributed by atoms with Crippen LogP contribution in [-0.4, -0.2) is 64.4 Å². The molecule has 2 amide bonds. The van der Waals surface area contributed by atoms with Crippen molar-refractivity contribution in [1.29, 1.82) is 0 Å². The molecule has 0 aliphatic heterocycles. The van der Waals surface area contributed by atoms with Crippen LogP contribution in [0, 0.1) is 46.3 Å². The minimum Gasteiger partial charge on any atom is -0.480 e. The minimum atomic E-state index is -1.19. The number of ether oxygens (including phenoxy) is 1. The zero-order valence-electron chi connectivity index (χ0n) is 28.4. The number of hydrogen-bond donors (Lipinski definition) is 5. The van der Waals surface area contributed by atoms with Crippen LogP contribution in [0.15, 0.2) is 24.3 Å². The molecule has 0 heterocycles. The van der Waals surface area contributed by atoms with Gasteiger partial charge in [-0.1, -0.05) is 26.8 Å². The summed E-state index contributed by atoms with van der Waals surface area (Å²) in [4.78, 5) is 49.2. The van der Waals surface area contributed by atoms with Gasteiger partial charge in [-0.2, -0.15) is 0 Å². The van der Waals surface area contributed by atoms with E-state index in [2.05, 4.69) is 31.4 Å². The molecule has 4 fully saturated rings. The van der Waals surface area contributed by atoms with E-state index < -0.39 is 23.9 Å². The van der Waals surface area contributed by atoms with Crippen molar-refractivity contribution in [2.24, 2.45) is 46.3 Å². The molecule has 1 aromatic carbocycles. The Labute approximate surface area is 278 Å². The fourth-order valence-corrected chi connectivity index (χ4v) is 10.6. The summed E-state index contributed by atoms with van der Waals surface area (Å²) in [6.07, 6.45) is 8.00. The Morgan fingerprint density at radius 3 is 2.36 bits per heavy atom. The number of hydrogen-bond acceptors (Lipinski definition) is 7. The van der Waals surface area contributed by atoms with Crippen molar-refractivity contribution in [2.45, 2.75) is 116 Å². The second-order valence-electron chi connectivity index (χ2n) is 15.6. The van der Waals surface area contributed by atoms with Gasteiger partial charge in [0.1, 0.15) is 6.04 Å². The summed E-state index contributed by atoms with van der Waals surface area (Å²) < 4.78 is 4.70. The largest absolute Gasteiger partial charge is 0.480 e. The number of anilines is 1. The molecule has 0 aromatic heterocycles. The first-order valence-electron chi connectivity index (χ1n) is 17.6. The van der Waals surface area contributed by atoms with Gasteiger partial charge in [-0.15, -0.1) is 0 Å². The maximum atomic E-state index is 13.0. The normalized spacial score (nSPS) is 35.7. The highest BCUT2D eigenvalue weighted by Crippen LogP contribution is 2.68. The summed E-state index contributed by atoms with van der Waals surface area (Å²) in [7, 11) is 1.27. The van der Waals surface area contributed by atoms with E-state index in [-0.39, 0.29) is 65.6 Å². The van der Waals surface area contributed by atoms with Crippen molar-refractivity contribution in [3.63, 3.8) is 0 Å². The standard InChI is InChI=1S/C37H54N2O8/c1-21(8-12-32(43)39-29(34(44)45)11-13-31(42)38-24-7-5-6-22(18-24)35(46)47-4)26-9-10-27-33-28(15-17-37(26,27)3)36(2)16-14-25(40)19-23(36)20-30(33)41/h5-7,18,21,23,25-30,33,40-41H,8-17,19-20H2,1-4H3,(H,38,42)(H,39,43)(H,44,45)/t21-,23+,25-,26-,27+,28+,29+,30-,33+,36+,37-/m1/s1. The van der Waals surface area contributed by atoms with Gasteiger partial charge in [-0.25, -0.2) is 9.59 Å². The Morgan fingerprint density at radius 2 is 1.64 bits per heavy atom. The molecule has 260 valence electrons. The Bertz CT molecular complexity index is 1330. The Morgan fingerprint density at radius 1 is 0.936 bits per heavy atom. The fraction of sp³-hybridized carbons (Fsp3) is 0.730. The lowest BCUT2D eigenvalue weighted by molar-refractivity contribution is -0.174. The number of benzene rings is 1. The van der Waals surface area contributed by atoms with Gasteiger partial charge in [0, 0.05) is 18.5 Å². The van der Waals surface area contributed by atoms with Gasteiger partial charge in [-0.05, 0) is 129 Å². The van der Waals surface area contributed by atoms with E-state index in [1.54, 1.807) is 18.2 Å². The molecule has 4 aliphatic rings. The van der Waals surface area contributed by atoms with E-state index in [9.17, 15) is 34.5 Å². The van der Waals surface area contributed by atoms with Gasteiger partial charge in [-0.3, -0.25) is 9.59 Å². The second-order valence-corrected chi connectivity index (χ2v) is 15.6. The lowest BCUT2D eigenvalue weighted by atomic mass is 9.43. The van der Waals surface area contributed by atoms with Crippen molar-refractivity contribution in [3.8, 4) is 0 Å². The number of aliphatic carboxylic acids is 1. The first-order chi connectivity index (χ1) is 22.3. The summed E-state index contributed by atoms with van der Waals surface area (Å²) >= 11 is 0. The van der Waals surface area contributed by atoms with Gasteiger partial charge < -0.3 is 30.7 Å². The molecule has 0 radical (unpaired) electrons. The van der Waals surface area contributed by atoms with Crippen LogP contribution in [0.4, 0.5) is 5.69 Å². The number of carbonyl (C=O) groups excluding carboxylic acids is 3. The summed E-state index contributed by atoms with van der Waals surface area (Å²) in [6.45, 7) is 7.04. The number of carboxylic acid groups (broad SMARTS) is 1. The molecule has 0 bridgehead atoms. The maximum absolute atomic E-state index is 13.0. The quantitative estimate of drug-likeness (QED) is 0.204. The van der Waals surface area contributed by atoms with Gasteiger partial charge in [0.2, 0.25) is 11.8 Å². The van der Waals surface area contributed by atoms with Crippen molar-refractivity contribution in [1.82, 2.24) is 5.32 Å². The van der Waals surface area contributed by atoms with E-state index in [4.69, 9.17) is 4.74 Å². The number of aliphatic hydroxyl groups is 2. The smallest absolute Gasteiger partial charge is 0.337 e. The first-order valence-corrected chi connectivity index (χ1v) is 17.6. The van der Waals surface area contributed by atoms with Crippen molar-refractivity contribution >= 4 is 29.4 Å². The SMILES string of the molecule is COC(=O)c1cccc(NC(=O)CC[C@H](NC(=O)CC[C@@H](C)[C@H]2CC[C@H]3[C@@H]4[C@H](O)C[C@@H]5C[C@H](O)CC[C@]5(C)[C@H]4CC[C@]23C)C(=O)O)c1. The van der Waals surface area contributed by atoms with Crippen molar-refractivity contribution in [2.75, 3.05) is 12.4 Å². The van der Waals surface area contributed by atoms with E-state index in [0.717, 1.165) is 51.4 Å². The van der Waals surface area contributed by atoms with Crippen LogP contribution in [0.3, 0.4) is 0 Å². The number of fused-ring (bicyclic) bond motifs is 5. The van der Waals surface area contributed by atoms with E-state index in [0.29, 0.717) is 35.8 Å². The molecule has 5 N–H and O–H groups in total. The molecule has 10 nitrogen and oxygen atoms in total. The summed E-state index contributed by atoms with van der Waals surface area (Å²) in [6, 6.07) is 5.09. The fourth-order valence-electron chi connectivity index (χ4n) is 10.6. The summed E-state index contributed by atoms with van der Waals surface area (Å²) in [5.41, 5.74) is 0.959. The van der Waals surface area contributed by atoms with E-state index in [1.807, 2.05) is 0 Å². The highest BCUT2D eigenvalue weighted by Gasteiger charge is 2.62. The third-order valence-electron chi connectivity index (χ3n) is 13.1. The molecule has 0 spiro atoms. The van der Waals surface area contributed by atoms with Crippen LogP contribution in [0.2, 0.25) is 0 Å². The molecule has 0 saturated heterocycles. The number of carbonyl (C=O) groups is 4. The van der Waals surface area contributed by atoms with Gasteiger partial charge >= 0.3 is 11.9 Å². The van der Waals surface area contributed by atoms with E-state index in [1.165, 1.54) is 13.2 Å². The Kier molecular flexibility index (Phi) is 10.7. The minimum absolute atomic E-state index is 0.0643. The molecule has 4 aliphatic carbocycles. The topological polar surface area (TPSA) is 162 Å². The highest BCUT2D eigenvalue weighted by molar-refractivity contribution is 5.94. The number of nitrogens with one attached hydrogen (secondary N) is 2. The predicted octanol–water partition coefficient (Wildman–Crippen LogP) is 5.17. The van der Waals surface area contributed by atoms with Crippen LogP contribution in [0.1, 0.15) is 108 Å². The molecular formula is C37H54N2O8. The molecule has 47 heavy (non-hydrogen) atoms. The number of aliphatic hydroxyl groups excluding tert-OH is 2. The summed E-state index contributed by atoms with van der Waals surface area (Å²) in [5, 5.41) is 36.9. The van der Waals surface area contributed by atoms with Crippen LogP contribution < -0.4 is 10.6 Å². The molecule has 4 saturated carbocycles. The van der Waals surface area contributed by atoms with Crippen LogP contribution in [-0.2, 0) is 19.1 Å². The van der Waals surface area contributed by atoms with Crippen molar-refractivity contribution < 1.29 is 39.2 Å². The first kappa shape index (κ1) is 35.3. The zero-order chi connectivity index (χ0) is 34.1. The third-order valence-corrected chi connectivity index (χ3v) is 13.1. The Balaban J connectivity index is 1.12. The Hall–Kier alpha value is -2.98. The van der Waals surface area contributed by atoms with Gasteiger partial charge in [0.05, 0.1) is 24.9 Å². The predicted molar refractivity (Wildman–Crippen MR) is 176 cm³/mol. The molecule has 11 atom stereocenters. The average molecular weight is 655 g/mol. The van der Waals surface area contributed by atoms with Gasteiger partial charge in [0.25, 0.3) is 0 Å².